The van der Waals surface area contributed by atoms with Gasteiger partial charge in [-0.2, -0.15) is 0 Å². The van der Waals surface area contributed by atoms with Crippen molar-refractivity contribution in [1.29, 1.82) is 0 Å². The van der Waals surface area contributed by atoms with Gasteiger partial charge in [-0.3, -0.25) is 0 Å². The highest BCUT2D eigenvalue weighted by Crippen LogP contribution is 1.99. The Labute approximate surface area is 78.1 Å². The van der Waals surface area contributed by atoms with Crippen LogP contribution in [0.15, 0.2) is 22.8 Å². The SMILES string of the molecule is S=C(I)NCc1ccco1. The van der Waals surface area contributed by atoms with Crippen molar-refractivity contribution in [3.05, 3.63) is 24.2 Å². The summed E-state index contributed by atoms with van der Waals surface area (Å²) in [5, 5.41) is 2.97. The van der Waals surface area contributed by atoms with Crippen molar-refractivity contribution in [2.24, 2.45) is 0 Å². The first-order valence-corrected chi connectivity index (χ1v) is 4.23. The molecule has 0 radical (unpaired) electrons. The van der Waals surface area contributed by atoms with Crippen molar-refractivity contribution in [2.45, 2.75) is 6.54 Å². The molecule has 0 aliphatic heterocycles. The van der Waals surface area contributed by atoms with Crippen LogP contribution in [0.1, 0.15) is 5.76 Å². The number of hydrogen-bond donors (Lipinski definition) is 1. The molecule has 4 heteroatoms. The Balaban J connectivity index is 2.35. The minimum Gasteiger partial charge on any atom is -0.467 e. The molecule has 0 fully saturated rings. The Morgan fingerprint density at radius 1 is 1.80 bits per heavy atom. The topological polar surface area (TPSA) is 25.2 Å². The monoisotopic (exact) mass is 267 g/mol. The van der Waals surface area contributed by atoms with Crippen molar-refractivity contribution in [3.8, 4) is 0 Å². The van der Waals surface area contributed by atoms with E-state index in [-0.39, 0.29) is 0 Å². The molecular weight excluding hydrogens is 261 g/mol. The number of furan rings is 1. The lowest BCUT2D eigenvalue weighted by atomic mass is 10.4. The second kappa shape index (κ2) is 3.92. The van der Waals surface area contributed by atoms with Crippen molar-refractivity contribution in [2.75, 3.05) is 0 Å². The van der Waals surface area contributed by atoms with Gasteiger partial charge in [0.25, 0.3) is 0 Å². The molecular formula is C6H6INOS. The van der Waals surface area contributed by atoms with E-state index in [1.807, 2.05) is 34.7 Å². The zero-order valence-corrected chi connectivity index (χ0v) is 8.11. The van der Waals surface area contributed by atoms with E-state index in [9.17, 15) is 0 Å². The van der Waals surface area contributed by atoms with Crippen LogP contribution in [0.3, 0.4) is 0 Å². The normalized spacial score (nSPS) is 9.30. The molecule has 0 aromatic carbocycles. The third-order valence-corrected chi connectivity index (χ3v) is 1.51. The molecule has 1 heterocycles. The predicted octanol–water partition coefficient (Wildman–Crippen LogP) is 2.09. The third-order valence-electron chi connectivity index (χ3n) is 0.982. The molecule has 0 bridgehead atoms. The van der Waals surface area contributed by atoms with Crippen LogP contribution in [0.25, 0.3) is 0 Å². The summed E-state index contributed by atoms with van der Waals surface area (Å²) >= 11 is 6.85. The number of hydrogen-bond acceptors (Lipinski definition) is 2. The van der Waals surface area contributed by atoms with Gasteiger partial charge in [-0.1, -0.05) is 12.2 Å². The molecule has 0 aliphatic rings. The summed E-state index contributed by atoms with van der Waals surface area (Å²) < 4.78 is 5.82. The van der Waals surface area contributed by atoms with Gasteiger partial charge in [-0.25, -0.2) is 0 Å². The third kappa shape index (κ3) is 2.66. The van der Waals surface area contributed by atoms with Crippen LogP contribution in [0, 0.1) is 0 Å². The fourth-order valence-electron chi connectivity index (χ4n) is 0.570. The van der Waals surface area contributed by atoms with E-state index in [4.69, 9.17) is 16.6 Å². The van der Waals surface area contributed by atoms with Gasteiger partial charge in [-0.05, 0) is 34.7 Å². The lowest BCUT2D eigenvalue weighted by molar-refractivity contribution is 0.504. The van der Waals surface area contributed by atoms with Gasteiger partial charge in [0.1, 0.15) is 8.76 Å². The van der Waals surface area contributed by atoms with Gasteiger partial charge in [0.2, 0.25) is 0 Å². The largest absolute Gasteiger partial charge is 0.467 e. The maximum absolute atomic E-state index is 5.06. The summed E-state index contributed by atoms with van der Waals surface area (Å²) in [4.78, 5) is 0. The molecule has 0 unspecified atom stereocenters. The van der Waals surface area contributed by atoms with Crippen LogP contribution in [0.5, 0.6) is 0 Å². The average molecular weight is 267 g/mol. The molecule has 1 aromatic heterocycles. The minimum atomic E-state index is 0.675. The van der Waals surface area contributed by atoms with E-state index in [0.717, 1.165) is 8.76 Å². The van der Waals surface area contributed by atoms with Gasteiger partial charge in [-0.15, -0.1) is 0 Å². The molecule has 54 valence electrons. The van der Waals surface area contributed by atoms with Gasteiger partial charge in [0, 0.05) is 0 Å². The van der Waals surface area contributed by atoms with Crippen molar-refractivity contribution in [3.63, 3.8) is 0 Å². The standard InChI is InChI=1S/C6H6INOS/c7-6(10)8-4-5-2-1-3-9-5/h1-3H,4H2,(H,8,10). The molecule has 0 saturated carbocycles. The molecule has 1 aromatic rings. The van der Waals surface area contributed by atoms with Gasteiger partial charge in [0.15, 0.2) is 0 Å². The Hall–Kier alpha value is -0.100. The van der Waals surface area contributed by atoms with Crippen LogP contribution < -0.4 is 5.32 Å². The summed E-state index contributed by atoms with van der Waals surface area (Å²) in [7, 11) is 0. The van der Waals surface area contributed by atoms with E-state index in [1.54, 1.807) is 6.26 Å². The molecule has 0 spiro atoms. The second-order valence-electron chi connectivity index (χ2n) is 1.71. The van der Waals surface area contributed by atoms with E-state index >= 15 is 0 Å². The molecule has 0 atom stereocenters. The highest BCUT2D eigenvalue weighted by molar-refractivity contribution is 14.1. The number of halogens is 1. The van der Waals surface area contributed by atoms with Crippen LogP contribution >= 0.6 is 34.8 Å². The number of thiocarbonyl (C=S) groups is 1. The fraction of sp³-hybridized carbons (Fsp3) is 0.167. The van der Waals surface area contributed by atoms with E-state index < -0.39 is 0 Å². The van der Waals surface area contributed by atoms with Gasteiger partial charge < -0.3 is 9.73 Å². The van der Waals surface area contributed by atoms with Crippen LogP contribution in [0.4, 0.5) is 0 Å². The Morgan fingerprint density at radius 2 is 2.60 bits per heavy atom. The Morgan fingerprint density at radius 3 is 3.10 bits per heavy atom. The van der Waals surface area contributed by atoms with Crippen molar-refractivity contribution < 1.29 is 4.42 Å². The van der Waals surface area contributed by atoms with Crippen LogP contribution in [0.2, 0.25) is 0 Å². The van der Waals surface area contributed by atoms with E-state index in [2.05, 4.69) is 5.32 Å². The molecule has 0 aliphatic carbocycles. The second-order valence-corrected chi connectivity index (χ2v) is 3.93. The molecule has 1 rings (SSSR count). The predicted molar refractivity (Wildman–Crippen MR) is 52.2 cm³/mol. The Bertz CT molecular complexity index is 210. The average Bonchev–Trinajstić information content (AvgIpc) is 2.34. The highest BCUT2D eigenvalue weighted by atomic mass is 127. The van der Waals surface area contributed by atoms with Crippen LogP contribution in [-0.2, 0) is 6.54 Å². The minimum absolute atomic E-state index is 0.675. The summed E-state index contributed by atoms with van der Waals surface area (Å²) in [6.07, 6.45) is 1.65. The number of nitrogens with one attached hydrogen (secondary N) is 1. The van der Waals surface area contributed by atoms with Gasteiger partial charge in [0.05, 0.1) is 12.8 Å². The first kappa shape index (κ1) is 8.00. The molecule has 0 saturated heterocycles. The zero-order chi connectivity index (χ0) is 7.40. The zero-order valence-electron chi connectivity index (χ0n) is 5.13. The molecule has 10 heavy (non-hydrogen) atoms. The maximum Gasteiger partial charge on any atom is 0.138 e. The summed E-state index contributed by atoms with van der Waals surface area (Å²) in [6.45, 7) is 0.675. The van der Waals surface area contributed by atoms with Gasteiger partial charge >= 0.3 is 0 Å². The maximum atomic E-state index is 5.06. The van der Waals surface area contributed by atoms with Crippen molar-refractivity contribution in [1.82, 2.24) is 5.32 Å². The first-order valence-electron chi connectivity index (χ1n) is 2.75. The lowest BCUT2D eigenvalue weighted by Gasteiger charge is -1.96. The molecule has 1 N–H and O–H groups in total. The smallest absolute Gasteiger partial charge is 0.138 e. The quantitative estimate of drug-likeness (QED) is 0.384. The Kier molecular flexibility index (Phi) is 3.14. The summed E-state index contributed by atoms with van der Waals surface area (Å²) in [6, 6.07) is 3.76. The molecule has 2 nitrogen and oxygen atoms in total. The highest BCUT2D eigenvalue weighted by Gasteiger charge is 1.93. The fourth-order valence-corrected chi connectivity index (χ4v) is 0.833. The van der Waals surface area contributed by atoms with E-state index in [0.29, 0.717) is 6.54 Å². The number of rotatable bonds is 2. The lowest BCUT2D eigenvalue weighted by Crippen LogP contribution is -2.13. The molecule has 0 amide bonds. The first-order chi connectivity index (χ1) is 4.79. The summed E-state index contributed by atoms with van der Waals surface area (Å²) in [5.41, 5.74) is 0. The van der Waals surface area contributed by atoms with Crippen LogP contribution in [-0.4, -0.2) is 3.00 Å². The van der Waals surface area contributed by atoms with Crippen molar-refractivity contribution >= 4 is 37.8 Å². The van der Waals surface area contributed by atoms with E-state index in [1.165, 1.54) is 0 Å². The summed E-state index contributed by atoms with van der Waals surface area (Å²) in [5.74, 6) is 0.902.